The molecule has 1 saturated heterocycles. The van der Waals surface area contributed by atoms with Crippen LogP contribution < -0.4 is 10.6 Å². The third kappa shape index (κ3) is 3.88. The molecule has 26 heavy (non-hydrogen) atoms. The molecular weight excluding hydrogens is 344 g/mol. The van der Waals surface area contributed by atoms with E-state index in [-0.39, 0.29) is 29.1 Å². The van der Waals surface area contributed by atoms with E-state index in [1.54, 1.807) is 0 Å². The van der Waals surface area contributed by atoms with Crippen molar-refractivity contribution in [2.75, 3.05) is 6.54 Å². The van der Waals surface area contributed by atoms with E-state index < -0.39 is 14.4 Å². The van der Waals surface area contributed by atoms with Crippen LogP contribution in [0.3, 0.4) is 0 Å². The van der Waals surface area contributed by atoms with E-state index >= 15 is 0 Å². The lowest BCUT2D eigenvalue weighted by Gasteiger charge is -2.38. The minimum atomic E-state index is -1.84. The summed E-state index contributed by atoms with van der Waals surface area (Å²) in [5, 5.41) is 16.8. The fourth-order valence-corrected chi connectivity index (χ4v) is 4.95. The topological polar surface area (TPSA) is 70.6 Å². The van der Waals surface area contributed by atoms with E-state index in [1.165, 1.54) is 0 Å². The van der Waals surface area contributed by atoms with Gasteiger partial charge in [0.25, 0.3) is 0 Å². The van der Waals surface area contributed by atoms with Gasteiger partial charge in [0.2, 0.25) is 5.91 Å². The van der Waals surface area contributed by atoms with Crippen molar-refractivity contribution < 1.29 is 14.3 Å². The summed E-state index contributed by atoms with van der Waals surface area (Å²) in [6.07, 6.45) is 0.795. The Kier molecular flexibility index (Phi) is 5.32. The second-order valence-corrected chi connectivity index (χ2v) is 13.9. The Morgan fingerprint density at radius 2 is 2.00 bits per heavy atom. The summed E-state index contributed by atoms with van der Waals surface area (Å²) in [4.78, 5) is 12.7. The maximum Gasteiger partial charge on any atom is 0.237 e. The predicted molar refractivity (Wildman–Crippen MR) is 106 cm³/mol. The molecule has 1 aliphatic heterocycles. The van der Waals surface area contributed by atoms with Gasteiger partial charge >= 0.3 is 0 Å². The van der Waals surface area contributed by atoms with Gasteiger partial charge < -0.3 is 20.2 Å². The molecule has 144 valence electrons. The molecule has 1 fully saturated rings. The first-order chi connectivity index (χ1) is 12.1. The summed E-state index contributed by atoms with van der Waals surface area (Å²) in [5.74, 6) is -0.0490. The minimum Gasteiger partial charge on any atom is -0.413 e. The molecule has 4 atom stereocenters. The molecule has 1 amide bonds. The maximum absolute atomic E-state index is 12.7. The number of aliphatic hydroxyl groups excluding tert-OH is 1. The Morgan fingerprint density at radius 1 is 1.31 bits per heavy atom. The van der Waals surface area contributed by atoms with Crippen molar-refractivity contribution in [3.05, 3.63) is 35.4 Å². The maximum atomic E-state index is 12.7. The number of carbonyl (C=O) groups is 1. The lowest BCUT2D eigenvalue weighted by molar-refractivity contribution is -0.124. The average molecular weight is 377 g/mol. The molecule has 0 bridgehead atoms. The van der Waals surface area contributed by atoms with Crippen LogP contribution in [0.5, 0.6) is 0 Å². The Labute approximate surface area is 157 Å². The molecule has 1 aromatic rings. The minimum absolute atomic E-state index is 0.0490. The zero-order valence-electron chi connectivity index (χ0n) is 16.5. The van der Waals surface area contributed by atoms with Crippen LogP contribution in [0, 0.1) is 0 Å². The highest BCUT2D eigenvalue weighted by atomic mass is 28.4. The summed E-state index contributed by atoms with van der Waals surface area (Å²) in [5.41, 5.74) is 2.14. The largest absolute Gasteiger partial charge is 0.413 e. The number of rotatable bonds is 4. The quantitative estimate of drug-likeness (QED) is 0.706. The Hall–Kier alpha value is -1.21. The molecule has 0 radical (unpaired) electrons. The van der Waals surface area contributed by atoms with Gasteiger partial charge in [-0.3, -0.25) is 4.79 Å². The van der Waals surface area contributed by atoms with Gasteiger partial charge in [0.1, 0.15) is 0 Å². The van der Waals surface area contributed by atoms with Crippen LogP contribution in [-0.4, -0.2) is 44.1 Å². The van der Waals surface area contributed by atoms with Gasteiger partial charge in [-0.1, -0.05) is 45.0 Å². The summed E-state index contributed by atoms with van der Waals surface area (Å²) < 4.78 is 6.44. The van der Waals surface area contributed by atoms with E-state index in [4.69, 9.17) is 4.43 Å². The van der Waals surface area contributed by atoms with Crippen LogP contribution in [0.25, 0.3) is 0 Å². The fourth-order valence-electron chi connectivity index (χ4n) is 3.59. The second-order valence-electron chi connectivity index (χ2n) is 9.15. The van der Waals surface area contributed by atoms with E-state index in [0.717, 1.165) is 11.1 Å². The second kappa shape index (κ2) is 7.07. The van der Waals surface area contributed by atoms with Gasteiger partial charge in [0.05, 0.1) is 24.3 Å². The first-order valence-electron chi connectivity index (χ1n) is 9.56. The number of fused-ring (bicyclic) bond motifs is 1. The van der Waals surface area contributed by atoms with Crippen molar-refractivity contribution in [1.82, 2.24) is 10.6 Å². The van der Waals surface area contributed by atoms with E-state index in [2.05, 4.69) is 44.5 Å². The lowest BCUT2D eigenvalue weighted by atomic mass is 10.1. The van der Waals surface area contributed by atoms with Gasteiger partial charge in [0, 0.05) is 13.0 Å². The Bertz CT molecular complexity index is 671. The molecule has 3 N–H and O–H groups in total. The van der Waals surface area contributed by atoms with Gasteiger partial charge in [0.15, 0.2) is 8.32 Å². The van der Waals surface area contributed by atoms with E-state index in [1.807, 2.05) is 24.3 Å². The van der Waals surface area contributed by atoms with Crippen molar-refractivity contribution in [1.29, 1.82) is 0 Å². The molecule has 1 heterocycles. The number of amides is 1. The van der Waals surface area contributed by atoms with Crippen molar-refractivity contribution in [2.24, 2.45) is 0 Å². The molecule has 0 unspecified atom stereocenters. The summed E-state index contributed by atoms with van der Waals surface area (Å²) in [6, 6.07) is 7.35. The molecule has 5 nitrogen and oxygen atoms in total. The first-order valence-corrected chi connectivity index (χ1v) is 12.5. The smallest absolute Gasteiger partial charge is 0.237 e. The number of aliphatic hydroxyl groups is 1. The van der Waals surface area contributed by atoms with Crippen LogP contribution in [0.2, 0.25) is 18.1 Å². The number of hydrogen-bond donors (Lipinski definition) is 3. The van der Waals surface area contributed by atoms with Crippen molar-refractivity contribution in [3.63, 3.8) is 0 Å². The van der Waals surface area contributed by atoms with Crippen molar-refractivity contribution >= 4 is 14.2 Å². The molecule has 0 aromatic heterocycles. The average Bonchev–Trinajstić information content (AvgIpc) is 3.11. The van der Waals surface area contributed by atoms with Gasteiger partial charge in [-0.2, -0.15) is 0 Å². The number of carbonyl (C=O) groups excluding carboxylic acids is 1. The van der Waals surface area contributed by atoms with E-state index in [9.17, 15) is 9.90 Å². The standard InChI is InChI=1S/C20H32N2O3Si/c1-20(2,3)26(4,5)25-14-11-16(21-12-14)19(24)22-18-15-9-7-6-8-13(15)10-17(18)23/h6-9,14,16-18,21,23H,10-12H2,1-5H3,(H,22,24)/t14-,16+,17-,18+/m1/s1. The van der Waals surface area contributed by atoms with E-state index in [0.29, 0.717) is 19.4 Å². The molecule has 1 aromatic carbocycles. The monoisotopic (exact) mass is 376 g/mol. The number of nitrogens with one attached hydrogen (secondary N) is 2. The normalized spacial score (nSPS) is 28.8. The van der Waals surface area contributed by atoms with Gasteiger partial charge in [-0.05, 0) is 35.7 Å². The predicted octanol–water partition coefficient (Wildman–Crippen LogP) is 2.51. The van der Waals surface area contributed by atoms with Crippen LogP contribution in [0.1, 0.15) is 44.4 Å². The fraction of sp³-hybridized carbons (Fsp3) is 0.650. The molecule has 1 aliphatic carbocycles. The van der Waals surface area contributed by atoms with Crippen molar-refractivity contribution in [2.45, 2.75) is 76.0 Å². The molecule has 6 heteroatoms. The van der Waals surface area contributed by atoms with Gasteiger partial charge in [-0.15, -0.1) is 0 Å². The highest BCUT2D eigenvalue weighted by Crippen LogP contribution is 2.38. The Morgan fingerprint density at radius 3 is 2.69 bits per heavy atom. The zero-order chi connectivity index (χ0) is 19.1. The number of benzene rings is 1. The summed E-state index contributed by atoms with van der Waals surface area (Å²) in [6.45, 7) is 11.9. The van der Waals surface area contributed by atoms with Crippen molar-refractivity contribution in [3.8, 4) is 0 Å². The van der Waals surface area contributed by atoms with Gasteiger partial charge in [-0.25, -0.2) is 0 Å². The molecular formula is C20H32N2O3Si. The summed E-state index contributed by atoms with van der Waals surface area (Å²) >= 11 is 0. The van der Waals surface area contributed by atoms with Crippen LogP contribution in [0.4, 0.5) is 0 Å². The van der Waals surface area contributed by atoms with Crippen LogP contribution in [-0.2, 0) is 15.6 Å². The molecule has 3 rings (SSSR count). The third-order valence-corrected chi connectivity index (χ3v) is 10.7. The zero-order valence-corrected chi connectivity index (χ0v) is 17.5. The highest BCUT2D eigenvalue weighted by molar-refractivity contribution is 6.74. The lowest BCUT2D eigenvalue weighted by Crippen LogP contribution is -2.44. The summed E-state index contributed by atoms with van der Waals surface area (Å²) in [7, 11) is -1.84. The van der Waals surface area contributed by atoms with Crippen LogP contribution in [0.15, 0.2) is 24.3 Å². The molecule has 0 spiro atoms. The molecule has 2 aliphatic rings. The molecule has 0 saturated carbocycles. The highest BCUT2D eigenvalue weighted by Gasteiger charge is 2.42. The third-order valence-electron chi connectivity index (χ3n) is 6.18. The SMILES string of the molecule is CC(C)(C)[Si](C)(C)O[C@H]1CN[C@H](C(=O)N[C@H]2c3ccccc3C[C@H]2O)C1. The first kappa shape index (κ1) is 19.5. The van der Waals surface area contributed by atoms with Crippen LogP contribution >= 0.6 is 0 Å². The number of hydrogen-bond acceptors (Lipinski definition) is 4. The Balaban J connectivity index is 1.59.